The Morgan fingerprint density at radius 1 is 1.21 bits per heavy atom. The standard InChI is InChI=1S/C21H25N5O2/c1-3-19(27-12-1)15-28-18-6-4-16(5-7-18)25-11-9-23-21(25)20-13-17-14-22-8-2-10-26(17)24-20/h4-7,9,11,13,19,22H,1-3,8,10,12,14-15H2/t19-/m0/s1. The fourth-order valence-corrected chi connectivity index (χ4v) is 3.84. The minimum atomic E-state index is 0.227. The molecule has 0 aliphatic carbocycles. The van der Waals surface area contributed by atoms with Gasteiger partial charge < -0.3 is 14.8 Å². The van der Waals surface area contributed by atoms with Crippen LogP contribution in [0.15, 0.2) is 42.7 Å². The van der Waals surface area contributed by atoms with Crippen LogP contribution in [-0.2, 0) is 17.8 Å². The number of imidazole rings is 1. The quantitative estimate of drug-likeness (QED) is 0.738. The fourth-order valence-electron chi connectivity index (χ4n) is 3.84. The third-order valence-corrected chi connectivity index (χ3v) is 5.34. The Morgan fingerprint density at radius 2 is 2.14 bits per heavy atom. The van der Waals surface area contributed by atoms with Gasteiger partial charge in [0.25, 0.3) is 0 Å². The van der Waals surface area contributed by atoms with Crippen LogP contribution in [0.3, 0.4) is 0 Å². The summed E-state index contributed by atoms with van der Waals surface area (Å²) < 4.78 is 15.6. The molecule has 7 nitrogen and oxygen atoms in total. The lowest BCUT2D eigenvalue weighted by Gasteiger charge is -2.12. The van der Waals surface area contributed by atoms with Gasteiger partial charge in [-0.2, -0.15) is 5.10 Å². The van der Waals surface area contributed by atoms with E-state index in [0.717, 1.165) is 68.5 Å². The summed E-state index contributed by atoms with van der Waals surface area (Å²) in [5, 5.41) is 8.22. The highest BCUT2D eigenvalue weighted by Crippen LogP contribution is 2.24. The SMILES string of the molecule is c1cn(-c2ccc(OC[C@@H]3CCCO3)cc2)c(-c2cc3n(n2)CCCNC3)n1. The van der Waals surface area contributed by atoms with Gasteiger partial charge >= 0.3 is 0 Å². The molecule has 5 rings (SSSR count). The number of aromatic nitrogens is 4. The van der Waals surface area contributed by atoms with Gasteiger partial charge in [0, 0.05) is 37.8 Å². The van der Waals surface area contributed by atoms with Crippen molar-refractivity contribution in [2.24, 2.45) is 0 Å². The molecule has 0 saturated carbocycles. The average Bonchev–Trinajstić information content (AvgIpc) is 3.46. The Labute approximate surface area is 164 Å². The second-order valence-corrected chi connectivity index (χ2v) is 7.34. The molecule has 0 bridgehead atoms. The van der Waals surface area contributed by atoms with Crippen molar-refractivity contribution >= 4 is 0 Å². The molecule has 4 heterocycles. The fraction of sp³-hybridized carbons (Fsp3) is 0.429. The number of nitrogens with one attached hydrogen (secondary N) is 1. The second kappa shape index (κ2) is 7.77. The summed E-state index contributed by atoms with van der Waals surface area (Å²) in [4.78, 5) is 4.56. The molecule has 1 saturated heterocycles. The lowest BCUT2D eigenvalue weighted by atomic mass is 10.2. The molecule has 2 aromatic heterocycles. The van der Waals surface area contributed by atoms with Crippen LogP contribution in [0.1, 0.15) is 25.0 Å². The molecule has 2 aliphatic heterocycles. The zero-order valence-corrected chi connectivity index (χ0v) is 15.9. The molecule has 0 spiro atoms. The number of hydrogen-bond donors (Lipinski definition) is 1. The van der Waals surface area contributed by atoms with Crippen molar-refractivity contribution in [1.82, 2.24) is 24.6 Å². The molecule has 1 atom stereocenters. The van der Waals surface area contributed by atoms with E-state index < -0.39 is 0 Å². The number of hydrogen-bond acceptors (Lipinski definition) is 5. The molecule has 28 heavy (non-hydrogen) atoms. The third-order valence-electron chi connectivity index (χ3n) is 5.34. The summed E-state index contributed by atoms with van der Waals surface area (Å²) in [5.41, 5.74) is 3.15. The van der Waals surface area contributed by atoms with E-state index >= 15 is 0 Å². The molecule has 1 N–H and O–H groups in total. The number of ether oxygens (including phenoxy) is 2. The number of aryl methyl sites for hydroxylation is 1. The molecule has 0 amide bonds. The van der Waals surface area contributed by atoms with Gasteiger partial charge in [0.2, 0.25) is 0 Å². The normalized spacial score (nSPS) is 19.4. The summed E-state index contributed by atoms with van der Waals surface area (Å²) >= 11 is 0. The van der Waals surface area contributed by atoms with Crippen LogP contribution in [0.25, 0.3) is 17.2 Å². The Hall–Kier alpha value is -2.64. The second-order valence-electron chi connectivity index (χ2n) is 7.34. The molecule has 0 radical (unpaired) electrons. The molecule has 7 heteroatoms. The van der Waals surface area contributed by atoms with E-state index in [2.05, 4.69) is 37.7 Å². The summed E-state index contributed by atoms with van der Waals surface area (Å²) in [6.45, 7) is 4.30. The van der Waals surface area contributed by atoms with E-state index in [4.69, 9.17) is 14.6 Å². The van der Waals surface area contributed by atoms with Crippen LogP contribution in [0.5, 0.6) is 5.75 Å². The van der Waals surface area contributed by atoms with E-state index in [9.17, 15) is 0 Å². The highest BCUT2D eigenvalue weighted by Gasteiger charge is 2.17. The minimum absolute atomic E-state index is 0.227. The number of benzene rings is 1. The van der Waals surface area contributed by atoms with Crippen LogP contribution in [0, 0.1) is 0 Å². The van der Waals surface area contributed by atoms with Crippen molar-refractivity contribution in [3.05, 3.63) is 48.4 Å². The maximum absolute atomic E-state index is 5.87. The molecule has 2 aliphatic rings. The first-order valence-corrected chi connectivity index (χ1v) is 10.0. The van der Waals surface area contributed by atoms with Gasteiger partial charge in [-0.15, -0.1) is 0 Å². The van der Waals surface area contributed by atoms with Crippen molar-refractivity contribution in [1.29, 1.82) is 0 Å². The molecule has 1 aromatic carbocycles. The Balaban J connectivity index is 1.34. The molecule has 3 aromatic rings. The first-order valence-electron chi connectivity index (χ1n) is 10.0. The Bertz CT molecular complexity index is 901. The molecule has 1 fully saturated rings. The van der Waals surface area contributed by atoms with Gasteiger partial charge in [-0.3, -0.25) is 9.25 Å². The van der Waals surface area contributed by atoms with Crippen LogP contribution < -0.4 is 10.1 Å². The molecule has 146 valence electrons. The third kappa shape index (κ3) is 3.55. The lowest BCUT2D eigenvalue weighted by Crippen LogP contribution is -2.16. The first-order chi connectivity index (χ1) is 13.9. The van der Waals surface area contributed by atoms with Gasteiger partial charge in [0.1, 0.15) is 18.1 Å². The van der Waals surface area contributed by atoms with E-state index in [1.54, 1.807) is 0 Å². The van der Waals surface area contributed by atoms with Crippen molar-refractivity contribution in [3.8, 4) is 23.0 Å². The minimum Gasteiger partial charge on any atom is -0.491 e. The van der Waals surface area contributed by atoms with Gasteiger partial charge in [-0.25, -0.2) is 4.98 Å². The summed E-state index contributed by atoms with van der Waals surface area (Å²) in [6, 6.07) is 10.2. The zero-order chi connectivity index (χ0) is 18.8. The predicted octanol–water partition coefficient (Wildman–Crippen LogP) is 2.79. The van der Waals surface area contributed by atoms with Crippen molar-refractivity contribution < 1.29 is 9.47 Å². The van der Waals surface area contributed by atoms with E-state index in [0.29, 0.717) is 6.61 Å². The summed E-state index contributed by atoms with van der Waals surface area (Å²) in [6.07, 6.45) is 7.33. The number of fused-ring (bicyclic) bond motifs is 1. The van der Waals surface area contributed by atoms with Crippen molar-refractivity contribution in [2.45, 2.75) is 38.5 Å². The zero-order valence-electron chi connectivity index (χ0n) is 15.9. The maximum atomic E-state index is 5.87. The van der Waals surface area contributed by atoms with Gasteiger partial charge in [-0.05, 0) is 56.1 Å². The highest BCUT2D eigenvalue weighted by atomic mass is 16.5. The van der Waals surface area contributed by atoms with Crippen LogP contribution in [0.2, 0.25) is 0 Å². The van der Waals surface area contributed by atoms with Crippen LogP contribution in [0.4, 0.5) is 0 Å². The van der Waals surface area contributed by atoms with Crippen molar-refractivity contribution in [2.75, 3.05) is 19.8 Å². The monoisotopic (exact) mass is 379 g/mol. The van der Waals surface area contributed by atoms with Crippen LogP contribution in [-0.4, -0.2) is 45.2 Å². The van der Waals surface area contributed by atoms with E-state index in [1.807, 2.05) is 24.5 Å². The van der Waals surface area contributed by atoms with E-state index in [1.165, 1.54) is 5.69 Å². The first kappa shape index (κ1) is 17.5. The van der Waals surface area contributed by atoms with E-state index in [-0.39, 0.29) is 6.10 Å². The van der Waals surface area contributed by atoms with Crippen LogP contribution >= 0.6 is 0 Å². The largest absolute Gasteiger partial charge is 0.491 e. The number of nitrogens with zero attached hydrogens (tertiary/aromatic N) is 4. The highest BCUT2D eigenvalue weighted by molar-refractivity contribution is 5.55. The van der Waals surface area contributed by atoms with Gasteiger partial charge in [-0.1, -0.05) is 0 Å². The predicted molar refractivity (Wildman–Crippen MR) is 106 cm³/mol. The number of rotatable bonds is 5. The molecular weight excluding hydrogens is 354 g/mol. The summed E-state index contributed by atoms with van der Waals surface area (Å²) in [7, 11) is 0. The topological polar surface area (TPSA) is 66.1 Å². The Kier molecular flexibility index (Phi) is 4.85. The molecular formula is C21H25N5O2. The average molecular weight is 379 g/mol. The smallest absolute Gasteiger partial charge is 0.165 e. The maximum Gasteiger partial charge on any atom is 0.165 e. The van der Waals surface area contributed by atoms with Gasteiger partial charge in [0.15, 0.2) is 5.82 Å². The Morgan fingerprint density at radius 3 is 3.00 bits per heavy atom. The molecule has 0 unspecified atom stereocenters. The summed E-state index contributed by atoms with van der Waals surface area (Å²) in [5.74, 6) is 1.72. The van der Waals surface area contributed by atoms with Crippen molar-refractivity contribution in [3.63, 3.8) is 0 Å². The van der Waals surface area contributed by atoms with Gasteiger partial charge in [0.05, 0.1) is 11.8 Å². The lowest BCUT2D eigenvalue weighted by molar-refractivity contribution is 0.0679.